The molecule has 0 radical (unpaired) electrons. The summed E-state index contributed by atoms with van der Waals surface area (Å²) in [4.78, 5) is 12.5. The van der Waals surface area contributed by atoms with Crippen molar-refractivity contribution in [1.29, 1.82) is 0 Å². The molecule has 112 valence electrons. The van der Waals surface area contributed by atoms with Crippen LogP contribution in [0.1, 0.15) is 42.5 Å². The maximum atomic E-state index is 11.3. The SMILES string of the molecule is CSc1ccc(Cn2nnc(C(=O)O)c2C(C)(C)C)cc1. The molecule has 0 saturated heterocycles. The molecule has 21 heavy (non-hydrogen) atoms. The minimum absolute atomic E-state index is 0.0308. The average molecular weight is 305 g/mol. The van der Waals surface area contributed by atoms with Crippen LogP contribution in [0, 0.1) is 0 Å². The smallest absolute Gasteiger partial charge is 0.358 e. The quantitative estimate of drug-likeness (QED) is 0.879. The fourth-order valence-corrected chi connectivity index (χ4v) is 2.62. The van der Waals surface area contributed by atoms with Crippen LogP contribution in [0.25, 0.3) is 0 Å². The maximum absolute atomic E-state index is 11.3. The molecule has 0 bridgehead atoms. The van der Waals surface area contributed by atoms with Crippen LogP contribution in [0.5, 0.6) is 0 Å². The Morgan fingerprint density at radius 3 is 2.38 bits per heavy atom. The average Bonchev–Trinajstić information content (AvgIpc) is 2.83. The molecule has 2 aromatic rings. The van der Waals surface area contributed by atoms with E-state index in [1.165, 1.54) is 4.90 Å². The van der Waals surface area contributed by atoms with Crippen molar-refractivity contribution >= 4 is 17.7 Å². The summed E-state index contributed by atoms with van der Waals surface area (Å²) in [5.74, 6) is -1.04. The van der Waals surface area contributed by atoms with Gasteiger partial charge in [0.2, 0.25) is 0 Å². The lowest BCUT2D eigenvalue weighted by molar-refractivity contribution is 0.0687. The first-order chi connectivity index (χ1) is 9.82. The highest BCUT2D eigenvalue weighted by Crippen LogP contribution is 2.25. The molecular weight excluding hydrogens is 286 g/mol. The zero-order valence-electron chi connectivity index (χ0n) is 12.6. The Hall–Kier alpha value is -1.82. The Morgan fingerprint density at radius 1 is 1.29 bits per heavy atom. The van der Waals surface area contributed by atoms with Crippen molar-refractivity contribution < 1.29 is 9.90 Å². The minimum Gasteiger partial charge on any atom is -0.476 e. The molecule has 1 N–H and O–H groups in total. The molecule has 0 aliphatic rings. The van der Waals surface area contributed by atoms with E-state index in [0.29, 0.717) is 12.2 Å². The van der Waals surface area contributed by atoms with E-state index in [0.717, 1.165) is 5.56 Å². The van der Waals surface area contributed by atoms with Gasteiger partial charge in [-0.05, 0) is 24.0 Å². The van der Waals surface area contributed by atoms with Crippen molar-refractivity contribution in [3.63, 3.8) is 0 Å². The molecule has 0 fully saturated rings. The van der Waals surface area contributed by atoms with Gasteiger partial charge in [0.1, 0.15) is 0 Å². The lowest BCUT2D eigenvalue weighted by Gasteiger charge is -2.20. The van der Waals surface area contributed by atoms with Crippen LogP contribution < -0.4 is 0 Å². The van der Waals surface area contributed by atoms with E-state index in [1.54, 1.807) is 16.4 Å². The van der Waals surface area contributed by atoms with Gasteiger partial charge >= 0.3 is 5.97 Å². The molecule has 0 spiro atoms. The lowest BCUT2D eigenvalue weighted by Crippen LogP contribution is -2.22. The van der Waals surface area contributed by atoms with Gasteiger partial charge in [0.05, 0.1) is 12.2 Å². The van der Waals surface area contributed by atoms with Crippen molar-refractivity contribution in [3.8, 4) is 0 Å². The first kappa shape index (κ1) is 15.6. The largest absolute Gasteiger partial charge is 0.476 e. The molecule has 1 aromatic heterocycles. The molecule has 0 atom stereocenters. The van der Waals surface area contributed by atoms with Crippen molar-refractivity contribution in [2.45, 2.75) is 37.6 Å². The van der Waals surface area contributed by atoms with E-state index in [9.17, 15) is 9.90 Å². The predicted octanol–water partition coefficient (Wildman–Crippen LogP) is 3.04. The Labute approximate surface area is 128 Å². The molecule has 0 saturated carbocycles. The van der Waals surface area contributed by atoms with Gasteiger partial charge in [0.15, 0.2) is 5.69 Å². The van der Waals surface area contributed by atoms with Crippen LogP contribution in [0.2, 0.25) is 0 Å². The molecule has 0 unspecified atom stereocenters. The highest BCUT2D eigenvalue weighted by Gasteiger charge is 2.28. The maximum Gasteiger partial charge on any atom is 0.358 e. The van der Waals surface area contributed by atoms with Crippen LogP contribution in [0.4, 0.5) is 0 Å². The Morgan fingerprint density at radius 2 is 1.90 bits per heavy atom. The second-order valence-electron chi connectivity index (χ2n) is 5.85. The van der Waals surface area contributed by atoms with Crippen LogP contribution >= 0.6 is 11.8 Å². The second-order valence-corrected chi connectivity index (χ2v) is 6.73. The lowest BCUT2D eigenvalue weighted by atomic mass is 9.90. The van der Waals surface area contributed by atoms with E-state index < -0.39 is 5.97 Å². The zero-order valence-corrected chi connectivity index (χ0v) is 13.4. The van der Waals surface area contributed by atoms with Gasteiger partial charge in [0.25, 0.3) is 0 Å². The van der Waals surface area contributed by atoms with Gasteiger partial charge in [-0.1, -0.05) is 38.1 Å². The molecule has 1 heterocycles. The summed E-state index contributed by atoms with van der Waals surface area (Å²) in [7, 11) is 0. The van der Waals surface area contributed by atoms with Crippen LogP contribution in [-0.4, -0.2) is 32.3 Å². The highest BCUT2D eigenvalue weighted by molar-refractivity contribution is 7.98. The summed E-state index contributed by atoms with van der Waals surface area (Å²) in [6.07, 6.45) is 2.03. The Balaban J connectivity index is 2.37. The highest BCUT2D eigenvalue weighted by atomic mass is 32.2. The van der Waals surface area contributed by atoms with E-state index in [1.807, 2.05) is 51.3 Å². The number of thioether (sulfide) groups is 1. The second kappa shape index (κ2) is 5.89. The number of aromatic nitrogens is 3. The molecule has 0 aliphatic heterocycles. The van der Waals surface area contributed by atoms with Crippen LogP contribution in [-0.2, 0) is 12.0 Å². The zero-order chi connectivity index (χ0) is 15.6. The van der Waals surface area contributed by atoms with E-state index in [4.69, 9.17) is 0 Å². The molecule has 2 rings (SSSR count). The van der Waals surface area contributed by atoms with Gasteiger partial charge in [-0.3, -0.25) is 0 Å². The number of aromatic carboxylic acids is 1. The third-order valence-electron chi connectivity index (χ3n) is 3.14. The van der Waals surface area contributed by atoms with E-state index >= 15 is 0 Å². The first-order valence-corrected chi connectivity index (χ1v) is 7.85. The Kier molecular flexibility index (Phi) is 4.37. The standard InChI is InChI=1S/C15H19N3O2S/c1-15(2,3)13-12(14(19)20)16-17-18(13)9-10-5-7-11(21-4)8-6-10/h5-8H,9H2,1-4H3,(H,19,20). The fourth-order valence-electron chi connectivity index (χ4n) is 2.21. The Bertz CT molecular complexity index is 642. The number of carbonyl (C=O) groups is 1. The molecule has 0 amide bonds. The number of nitrogens with zero attached hydrogens (tertiary/aromatic N) is 3. The summed E-state index contributed by atoms with van der Waals surface area (Å²) < 4.78 is 1.68. The number of hydrogen-bond donors (Lipinski definition) is 1. The number of carboxylic acid groups (broad SMARTS) is 1. The van der Waals surface area contributed by atoms with Gasteiger partial charge < -0.3 is 5.11 Å². The van der Waals surface area contributed by atoms with Gasteiger partial charge in [-0.15, -0.1) is 16.9 Å². The minimum atomic E-state index is -1.04. The third-order valence-corrected chi connectivity index (χ3v) is 3.88. The van der Waals surface area contributed by atoms with Gasteiger partial charge in [-0.2, -0.15) is 0 Å². The number of benzene rings is 1. The topological polar surface area (TPSA) is 68.0 Å². The van der Waals surface area contributed by atoms with Crippen molar-refractivity contribution in [2.75, 3.05) is 6.26 Å². The number of hydrogen-bond acceptors (Lipinski definition) is 4. The number of rotatable bonds is 4. The van der Waals surface area contributed by atoms with E-state index in [2.05, 4.69) is 10.3 Å². The summed E-state index contributed by atoms with van der Waals surface area (Å²) in [6, 6.07) is 8.15. The van der Waals surface area contributed by atoms with Gasteiger partial charge in [-0.25, -0.2) is 9.48 Å². The van der Waals surface area contributed by atoms with E-state index in [-0.39, 0.29) is 11.1 Å². The summed E-state index contributed by atoms with van der Waals surface area (Å²) in [6.45, 7) is 6.41. The molecule has 5 nitrogen and oxygen atoms in total. The third kappa shape index (κ3) is 3.44. The molecular formula is C15H19N3O2S. The first-order valence-electron chi connectivity index (χ1n) is 6.63. The van der Waals surface area contributed by atoms with Crippen LogP contribution in [0.3, 0.4) is 0 Å². The molecule has 1 aromatic carbocycles. The summed E-state index contributed by atoms with van der Waals surface area (Å²) in [5, 5.41) is 17.1. The normalized spacial score (nSPS) is 11.6. The van der Waals surface area contributed by atoms with Crippen LogP contribution in [0.15, 0.2) is 29.2 Å². The summed E-state index contributed by atoms with van der Waals surface area (Å²) in [5.41, 5.74) is 1.41. The van der Waals surface area contributed by atoms with Gasteiger partial charge in [0, 0.05) is 10.3 Å². The molecule has 6 heteroatoms. The summed E-state index contributed by atoms with van der Waals surface area (Å²) >= 11 is 1.69. The predicted molar refractivity (Wildman–Crippen MR) is 83.0 cm³/mol. The van der Waals surface area contributed by atoms with Crippen molar-refractivity contribution in [3.05, 3.63) is 41.2 Å². The monoisotopic (exact) mass is 305 g/mol. The molecule has 0 aliphatic carbocycles. The van der Waals surface area contributed by atoms with Crippen molar-refractivity contribution in [1.82, 2.24) is 15.0 Å². The number of carboxylic acids is 1. The fraction of sp³-hybridized carbons (Fsp3) is 0.400. The van der Waals surface area contributed by atoms with Crippen molar-refractivity contribution in [2.24, 2.45) is 0 Å².